The number of likely N-dealkylation sites (tertiary alicyclic amines) is 1. The second-order valence-electron chi connectivity index (χ2n) is 6.79. The molecule has 1 amide bonds. The van der Waals surface area contributed by atoms with Gasteiger partial charge in [0.1, 0.15) is 12.6 Å². The van der Waals surface area contributed by atoms with Crippen molar-refractivity contribution in [3.8, 4) is 0 Å². The Labute approximate surface area is 164 Å². The smallest absolute Gasteiger partial charge is 0.407 e. The molecule has 2 aromatic carbocycles. The number of hydrogen-bond acceptors (Lipinski definition) is 4. The first-order valence-corrected chi connectivity index (χ1v) is 9.20. The number of benzene rings is 2. The molecule has 2 aromatic rings. The van der Waals surface area contributed by atoms with Crippen molar-refractivity contribution >= 4 is 12.1 Å². The van der Waals surface area contributed by atoms with E-state index in [0.717, 1.165) is 11.1 Å². The number of ether oxygens (including phenoxy) is 1. The predicted octanol–water partition coefficient (Wildman–Crippen LogP) is 3.20. The zero-order valence-electron chi connectivity index (χ0n) is 15.5. The molecule has 1 saturated heterocycles. The molecule has 1 aliphatic heterocycles. The lowest BCUT2D eigenvalue weighted by Gasteiger charge is -2.27. The summed E-state index contributed by atoms with van der Waals surface area (Å²) in [6.45, 7) is 4.48. The zero-order valence-corrected chi connectivity index (χ0v) is 15.5. The molecule has 3 atom stereocenters. The molecule has 146 valence electrons. The van der Waals surface area contributed by atoms with Gasteiger partial charge in [0.15, 0.2) is 0 Å². The highest BCUT2D eigenvalue weighted by molar-refractivity contribution is 5.75. The van der Waals surface area contributed by atoms with Crippen molar-refractivity contribution in [2.45, 2.75) is 37.7 Å². The zero-order chi connectivity index (χ0) is 19.9. The van der Waals surface area contributed by atoms with Crippen LogP contribution in [0.1, 0.15) is 17.5 Å². The Morgan fingerprint density at radius 1 is 1.11 bits per heavy atom. The van der Waals surface area contributed by atoms with Gasteiger partial charge in [-0.2, -0.15) is 0 Å². The van der Waals surface area contributed by atoms with Gasteiger partial charge in [-0.15, -0.1) is 6.58 Å². The maximum absolute atomic E-state index is 12.2. The van der Waals surface area contributed by atoms with E-state index in [1.807, 2.05) is 65.6 Å². The normalized spacial score (nSPS) is 21.8. The van der Waals surface area contributed by atoms with E-state index in [1.54, 1.807) is 6.08 Å². The number of carboxylic acids is 1. The standard InChI is InChI=1S/C22H24N2O4/c1-2-19-18(23-22(27)28-15-17-11-7-4-8-12-17)13-20(21(25)26)24(19)14-16-9-5-3-6-10-16/h2-12,18-20H,1,13-15H2,(H,23,27)(H,25,26). The minimum absolute atomic E-state index is 0.161. The molecule has 3 unspecified atom stereocenters. The summed E-state index contributed by atoms with van der Waals surface area (Å²) in [6, 6.07) is 17.7. The Bertz CT molecular complexity index is 810. The lowest BCUT2D eigenvalue weighted by molar-refractivity contribution is -0.142. The van der Waals surface area contributed by atoms with E-state index in [-0.39, 0.29) is 18.7 Å². The van der Waals surface area contributed by atoms with Crippen LogP contribution in [0, 0.1) is 0 Å². The summed E-state index contributed by atoms with van der Waals surface area (Å²) in [5, 5.41) is 12.5. The minimum atomic E-state index is -0.912. The number of rotatable bonds is 7. The molecule has 1 aliphatic rings. The van der Waals surface area contributed by atoms with Gasteiger partial charge < -0.3 is 15.2 Å². The molecule has 1 heterocycles. The molecule has 6 nitrogen and oxygen atoms in total. The quantitative estimate of drug-likeness (QED) is 0.721. The van der Waals surface area contributed by atoms with Crippen LogP contribution in [-0.2, 0) is 22.7 Å². The van der Waals surface area contributed by atoms with Crippen molar-refractivity contribution < 1.29 is 19.4 Å². The Balaban J connectivity index is 1.66. The average molecular weight is 380 g/mol. The average Bonchev–Trinajstić information content (AvgIpc) is 3.05. The fourth-order valence-corrected chi connectivity index (χ4v) is 3.57. The molecule has 2 N–H and O–H groups in total. The monoisotopic (exact) mass is 380 g/mol. The highest BCUT2D eigenvalue weighted by atomic mass is 16.5. The highest BCUT2D eigenvalue weighted by Crippen LogP contribution is 2.28. The summed E-state index contributed by atoms with van der Waals surface area (Å²) < 4.78 is 5.28. The third-order valence-corrected chi connectivity index (χ3v) is 4.92. The molecule has 0 saturated carbocycles. The molecule has 0 bridgehead atoms. The lowest BCUT2D eigenvalue weighted by Crippen LogP contribution is -2.45. The fourth-order valence-electron chi connectivity index (χ4n) is 3.57. The first-order chi connectivity index (χ1) is 13.6. The topological polar surface area (TPSA) is 78.9 Å². The minimum Gasteiger partial charge on any atom is -0.480 e. The van der Waals surface area contributed by atoms with Gasteiger partial charge in [0.25, 0.3) is 0 Å². The number of hydrogen-bond donors (Lipinski definition) is 2. The molecule has 0 aliphatic carbocycles. The van der Waals surface area contributed by atoms with E-state index >= 15 is 0 Å². The molecule has 28 heavy (non-hydrogen) atoms. The Morgan fingerprint density at radius 2 is 1.71 bits per heavy atom. The summed E-state index contributed by atoms with van der Waals surface area (Å²) in [4.78, 5) is 25.9. The first-order valence-electron chi connectivity index (χ1n) is 9.20. The van der Waals surface area contributed by atoms with Crippen molar-refractivity contribution in [3.05, 3.63) is 84.4 Å². The maximum atomic E-state index is 12.2. The van der Waals surface area contributed by atoms with Crippen molar-refractivity contribution in [1.29, 1.82) is 0 Å². The SMILES string of the molecule is C=CC1C(NC(=O)OCc2ccccc2)CC(C(=O)O)N1Cc1ccccc1. The van der Waals surface area contributed by atoms with Crippen LogP contribution in [0.25, 0.3) is 0 Å². The number of alkyl carbamates (subject to hydrolysis) is 1. The Kier molecular flexibility index (Phi) is 6.45. The first kappa shape index (κ1) is 19.6. The number of carboxylic acid groups (broad SMARTS) is 1. The van der Waals surface area contributed by atoms with Crippen molar-refractivity contribution in [2.75, 3.05) is 0 Å². The largest absolute Gasteiger partial charge is 0.480 e. The second kappa shape index (κ2) is 9.19. The molecule has 6 heteroatoms. The summed E-state index contributed by atoms with van der Waals surface area (Å²) in [7, 11) is 0. The van der Waals surface area contributed by atoms with Gasteiger partial charge in [0.2, 0.25) is 0 Å². The van der Waals surface area contributed by atoms with Crippen molar-refractivity contribution in [2.24, 2.45) is 0 Å². The lowest BCUT2D eigenvalue weighted by atomic mass is 10.1. The van der Waals surface area contributed by atoms with Gasteiger partial charge in [-0.05, 0) is 17.5 Å². The van der Waals surface area contributed by atoms with E-state index in [1.165, 1.54) is 0 Å². The molecule has 0 radical (unpaired) electrons. The number of amides is 1. The van der Waals surface area contributed by atoms with E-state index in [2.05, 4.69) is 11.9 Å². The second-order valence-corrected chi connectivity index (χ2v) is 6.79. The number of carbonyl (C=O) groups is 2. The number of carbonyl (C=O) groups excluding carboxylic acids is 1. The number of aliphatic carboxylic acids is 1. The van der Waals surface area contributed by atoms with Crippen LogP contribution in [0.15, 0.2) is 73.3 Å². The summed E-state index contributed by atoms with van der Waals surface area (Å²) in [6.07, 6.45) is 1.42. The van der Waals surface area contributed by atoms with Crippen molar-refractivity contribution in [1.82, 2.24) is 10.2 Å². The van der Waals surface area contributed by atoms with Crippen LogP contribution in [0.5, 0.6) is 0 Å². The van der Waals surface area contributed by atoms with Crippen LogP contribution >= 0.6 is 0 Å². The summed E-state index contributed by atoms with van der Waals surface area (Å²) in [5.41, 5.74) is 1.89. The fraction of sp³-hybridized carbons (Fsp3) is 0.273. The van der Waals surface area contributed by atoms with Crippen LogP contribution in [-0.4, -0.2) is 40.2 Å². The maximum Gasteiger partial charge on any atom is 0.407 e. The highest BCUT2D eigenvalue weighted by Gasteiger charge is 2.44. The summed E-state index contributed by atoms with van der Waals surface area (Å²) >= 11 is 0. The van der Waals surface area contributed by atoms with Gasteiger partial charge in [-0.3, -0.25) is 9.69 Å². The predicted molar refractivity (Wildman–Crippen MR) is 106 cm³/mol. The Hall–Kier alpha value is -3.12. The van der Waals surface area contributed by atoms with Gasteiger partial charge in [0.05, 0.1) is 6.04 Å². The molecule has 0 aromatic heterocycles. The van der Waals surface area contributed by atoms with Crippen LogP contribution in [0.3, 0.4) is 0 Å². The third kappa shape index (κ3) is 4.78. The molecule has 1 fully saturated rings. The summed E-state index contributed by atoms with van der Waals surface area (Å²) in [5.74, 6) is -0.912. The van der Waals surface area contributed by atoms with Crippen molar-refractivity contribution in [3.63, 3.8) is 0 Å². The van der Waals surface area contributed by atoms with Gasteiger partial charge in [0, 0.05) is 12.6 Å². The number of nitrogens with one attached hydrogen (secondary N) is 1. The van der Waals surface area contributed by atoms with E-state index in [9.17, 15) is 14.7 Å². The number of nitrogens with zero attached hydrogens (tertiary/aromatic N) is 1. The Morgan fingerprint density at radius 3 is 2.29 bits per heavy atom. The molecular weight excluding hydrogens is 356 g/mol. The van der Waals surface area contributed by atoms with Gasteiger partial charge in [-0.25, -0.2) is 4.79 Å². The van der Waals surface area contributed by atoms with E-state index in [0.29, 0.717) is 13.0 Å². The molecule has 0 spiro atoms. The van der Waals surface area contributed by atoms with Crippen LogP contribution in [0.4, 0.5) is 4.79 Å². The van der Waals surface area contributed by atoms with Gasteiger partial charge in [-0.1, -0.05) is 66.7 Å². The van der Waals surface area contributed by atoms with Crippen LogP contribution < -0.4 is 5.32 Å². The van der Waals surface area contributed by atoms with E-state index < -0.39 is 18.1 Å². The van der Waals surface area contributed by atoms with Crippen LogP contribution in [0.2, 0.25) is 0 Å². The molecule has 3 rings (SSSR count). The molecular formula is C22H24N2O4. The third-order valence-electron chi connectivity index (χ3n) is 4.92. The van der Waals surface area contributed by atoms with E-state index in [4.69, 9.17) is 4.74 Å². The van der Waals surface area contributed by atoms with Gasteiger partial charge >= 0.3 is 12.1 Å².